The molecular formula is C26H16N2OS. The van der Waals surface area contributed by atoms with Gasteiger partial charge in [0.05, 0.1) is 16.7 Å². The normalized spacial score (nSPS) is 12.8. The molecule has 7 rings (SSSR count). The van der Waals surface area contributed by atoms with Crippen LogP contribution >= 0.6 is 11.3 Å². The Labute approximate surface area is 176 Å². The summed E-state index contributed by atoms with van der Waals surface area (Å²) in [7, 11) is 0. The second kappa shape index (κ2) is 5.94. The third kappa shape index (κ3) is 2.22. The molecule has 30 heavy (non-hydrogen) atoms. The van der Waals surface area contributed by atoms with Crippen molar-refractivity contribution in [2.45, 2.75) is 6.61 Å². The molecule has 3 nitrogen and oxygen atoms in total. The molecule has 3 heterocycles. The van der Waals surface area contributed by atoms with Gasteiger partial charge in [-0.25, -0.2) is 4.98 Å². The largest absolute Gasteiger partial charge is 0.483 e. The maximum Gasteiger partial charge on any atom is 0.152 e. The first kappa shape index (κ1) is 16.2. The molecule has 4 aromatic carbocycles. The van der Waals surface area contributed by atoms with E-state index in [1.807, 2.05) is 17.4 Å². The van der Waals surface area contributed by atoms with Crippen LogP contribution in [0.15, 0.2) is 84.9 Å². The number of fused-ring (bicyclic) bond motifs is 8. The fraction of sp³-hybridized carbons (Fsp3) is 0.0385. The Morgan fingerprint density at radius 1 is 0.767 bits per heavy atom. The average Bonchev–Trinajstić information content (AvgIpc) is 3.36. The highest BCUT2D eigenvalue weighted by molar-refractivity contribution is 7.25. The summed E-state index contributed by atoms with van der Waals surface area (Å²) in [6.45, 7) is 0.494. The summed E-state index contributed by atoms with van der Waals surface area (Å²) < 4.78 is 10.9. The predicted molar refractivity (Wildman–Crippen MR) is 124 cm³/mol. The summed E-state index contributed by atoms with van der Waals surface area (Å²) in [5.41, 5.74) is 5.57. The molecule has 0 N–H and O–H groups in total. The molecule has 0 saturated carbocycles. The average molecular weight is 404 g/mol. The highest BCUT2D eigenvalue weighted by atomic mass is 32.1. The Morgan fingerprint density at radius 2 is 1.57 bits per heavy atom. The first-order chi connectivity index (χ1) is 14.8. The monoisotopic (exact) mass is 404 g/mol. The van der Waals surface area contributed by atoms with Crippen LogP contribution in [0.4, 0.5) is 0 Å². The molecule has 0 bridgehead atoms. The van der Waals surface area contributed by atoms with Crippen LogP contribution in [0.5, 0.6) is 5.75 Å². The Morgan fingerprint density at radius 3 is 2.57 bits per heavy atom. The molecule has 0 fully saturated rings. The molecule has 0 saturated heterocycles. The lowest BCUT2D eigenvalue weighted by atomic mass is 10.0. The van der Waals surface area contributed by atoms with Crippen molar-refractivity contribution >= 4 is 42.5 Å². The standard InChI is InChI=1S/C26H16N2OS/c1-4-8-24-18(5-1)19-13-16(10-12-25(19)30-24)17-9-11-23-22(14-17)28-21-7-3-2-6-20(21)27-26(28)15-29-23/h1-14H,15H2. The van der Waals surface area contributed by atoms with Gasteiger partial charge in [-0.15, -0.1) is 11.3 Å². The van der Waals surface area contributed by atoms with Crippen molar-refractivity contribution in [3.05, 3.63) is 90.8 Å². The van der Waals surface area contributed by atoms with Gasteiger partial charge in [0.15, 0.2) is 5.82 Å². The second-order valence-electron chi connectivity index (χ2n) is 7.63. The van der Waals surface area contributed by atoms with Crippen molar-refractivity contribution < 1.29 is 4.74 Å². The number of rotatable bonds is 1. The molecule has 4 heteroatoms. The lowest BCUT2D eigenvalue weighted by Crippen LogP contribution is -2.13. The fourth-order valence-electron chi connectivity index (χ4n) is 4.48. The summed E-state index contributed by atoms with van der Waals surface area (Å²) in [6.07, 6.45) is 0. The number of thiophene rings is 1. The van der Waals surface area contributed by atoms with Crippen molar-refractivity contribution in [1.29, 1.82) is 0 Å². The molecule has 0 radical (unpaired) electrons. The molecular weight excluding hydrogens is 388 g/mol. The van der Waals surface area contributed by atoms with Gasteiger partial charge in [0.2, 0.25) is 0 Å². The van der Waals surface area contributed by atoms with E-state index in [-0.39, 0.29) is 0 Å². The minimum absolute atomic E-state index is 0.494. The predicted octanol–water partition coefficient (Wildman–Crippen LogP) is 6.95. The highest BCUT2D eigenvalue weighted by Gasteiger charge is 2.21. The zero-order valence-electron chi connectivity index (χ0n) is 16.0. The Bertz CT molecular complexity index is 1610. The van der Waals surface area contributed by atoms with Crippen LogP contribution in [0.3, 0.4) is 0 Å². The van der Waals surface area contributed by atoms with Gasteiger partial charge in [-0.1, -0.05) is 42.5 Å². The first-order valence-corrected chi connectivity index (χ1v) is 10.8. The number of nitrogens with zero attached hydrogens (tertiary/aromatic N) is 2. The van der Waals surface area contributed by atoms with Gasteiger partial charge in [0, 0.05) is 20.2 Å². The topological polar surface area (TPSA) is 27.1 Å². The molecule has 6 aromatic rings. The van der Waals surface area contributed by atoms with Crippen LogP contribution in [0.25, 0.3) is 48.0 Å². The van der Waals surface area contributed by atoms with Gasteiger partial charge in [0.1, 0.15) is 12.4 Å². The molecule has 0 unspecified atom stereocenters. The Kier molecular flexibility index (Phi) is 3.21. The number of benzene rings is 4. The quantitative estimate of drug-likeness (QED) is 0.296. The molecule has 0 aliphatic carbocycles. The van der Waals surface area contributed by atoms with E-state index in [4.69, 9.17) is 9.72 Å². The third-order valence-electron chi connectivity index (χ3n) is 5.90. The summed E-state index contributed by atoms with van der Waals surface area (Å²) in [4.78, 5) is 4.76. The number of hydrogen-bond acceptors (Lipinski definition) is 3. The van der Waals surface area contributed by atoms with Crippen LogP contribution < -0.4 is 4.74 Å². The van der Waals surface area contributed by atoms with Crippen LogP contribution in [0.1, 0.15) is 5.82 Å². The SMILES string of the molecule is c1ccc2c(c1)nc1n2-c2cc(-c3ccc4sc5ccccc5c4c3)ccc2OC1. The van der Waals surface area contributed by atoms with E-state index >= 15 is 0 Å². The van der Waals surface area contributed by atoms with E-state index in [1.165, 1.54) is 31.3 Å². The summed E-state index contributed by atoms with van der Waals surface area (Å²) in [5.74, 6) is 1.84. The van der Waals surface area contributed by atoms with Gasteiger partial charge < -0.3 is 4.74 Å². The van der Waals surface area contributed by atoms with Crippen molar-refractivity contribution in [3.8, 4) is 22.6 Å². The van der Waals surface area contributed by atoms with Gasteiger partial charge in [0.25, 0.3) is 0 Å². The van der Waals surface area contributed by atoms with E-state index in [9.17, 15) is 0 Å². The zero-order valence-corrected chi connectivity index (χ0v) is 16.8. The molecule has 2 aromatic heterocycles. The first-order valence-electron chi connectivity index (χ1n) is 10.0. The molecule has 1 aliphatic heterocycles. The summed E-state index contributed by atoms with van der Waals surface area (Å²) in [5, 5.41) is 2.64. The summed E-state index contributed by atoms with van der Waals surface area (Å²) >= 11 is 1.85. The number of imidazole rings is 1. The molecule has 0 amide bonds. The molecule has 0 atom stereocenters. The maximum absolute atomic E-state index is 6.00. The number of hydrogen-bond donors (Lipinski definition) is 0. The molecule has 1 aliphatic rings. The summed E-state index contributed by atoms with van der Waals surface area (Å²) in [6, 6.07) is 30.1. The third-order valence-corrected chi connectivity index (χ3v) is 7.05. The van der Waals surface area contributed by atoms with E-state index < -0.39 is 0 Å². The minimum atomic E-state index is 0.494. The van der Waals surface area contributed by atoms with Gasteiger partial charge in [-0.3, -0.25) is 4.57 Å². The lowest BCUT2D eigenvalue weighted by molar-refractivity contribution is 0.281. The van der Waals surface area contributed by atoms with Crippen LogP contribution in [0.2, 0.25) is 0 Å². The van der Waals surface area contributed by atoms with E-state index in [0.29, 0.717) is 6.61 Å². The molecule has 0 spiro atoms. The highest BCUT2D eigenvalue weighted by Crippen LogP contribution is 2.39. The number of para-hydroxylation sites is 2. The second-order valence-corrected chi connectivity index (χ2v) is 8.72. The zero-order chi connectivity index (χ0) is 19.7. The lowest BCUT2D eigenvalue weighted by Gasteiger charge is -2.21. The Balaban J connectivity index is 1.45. The fourth-order valence-corrected chi connectivity index (χ4v) is 5.57. The van der Waals surface area contributed by atoms with E-state index in [0.717, 1.165) is 28.3 Å². The van der Waals surface area contributed by atoms with Crippen molar-refractivity contribution in [1.82, 2.24) is 9.55 Å². The molecule has 142 valence electrons. The van der Waals surface area contributed by atoms with Crippen LogP contribution in [0, 0.1) is 0 Å². The number of ether oxygens (including phenoxy) is 1. The number of aromatic nitrogens is 2. The van der Waals surface area contributed by atoms with Crippen molar-refractivity contribution in [2.75, 3.05) is 0 Å². The van der Waals surface area contributed by atoms with Crippen molar-refractivity contribution in [2.24, 2.45) is 0 Å². The minimum Gasteiger partial charge on any atom is -0.483 e. The maximum atomic E-state index is 6.00. The van der Waals surface area contributed by atoms with Gasteiger partial charge in [-0.05, 0) is 53.6 Å². The Hall–Kier alpha value is -3.63. The van der Waals surface area contributed by atoms with Gasteiger partial charge in [-0.2, -0.15) is 0 Å². The van der Waals surface area contributed by atoms with E-state index in [1.54, 1.807) is 0 Å². The van der Waals surface area contributed by atoms with Crippen molar-refractivity contribution in [3.63, 3.8) is 0 Å². The van der Waals surface area contributed by atoms with Gasteiger partial charge >= 0.3 is 0 Å². The smallest absolute Gasteiger partial charge is 0.152 e. The van der Waals surface area contributed by atoms with Crippen LogP contribution in [-0.4, -0.2) is 9.55 Å². The van der Waals surface area contributed by atoms with Crippen LogP contribution in [-0.2, 0) is 6.61 Å². The van der Waals surface area contributed by atoms with E-state index in [2.05, 4.69) is 83.4 Å².